The van der Waals surface area contributed by atoms with Gasteiger partial charge in [-0.3, -0.25) is 4.79 Å². The van der Waals surface area contributed by atoms with E-state index >= 15 is 0 Å². The zero-order valence-electron chi connectivity index (χ0n) is 13.7. The lowest BCUT2D eigenvalue weighted by Gasteiger charge is -2.32. The second-order valence-electron chi connectivity index (χ2n) is 6.01. The molecule has 24 heavy (non-hydrogen) atoms. The molecule has 1 aromatic heterocycles. The maximum absolute atomic E-state index is 13.5. The van der Waals surface area contributed by atoms with Crippen LogP contribution in [0.25, 0.3) is 0 Å². The van der Waals surface area contributed by atoms with E-state index in [2.05, 4.69) is 10.2 Å². The molecule has 0 N–H and O–H groups in total. The van der Waals surface area contributed by atoms with Crippen LogP contribution >= 0.6 is 0 Å². The maximum atomic E-state index is 13.5. The highest BCUT2D eigenvalue weighted by Gasteiger charge is 2.27. The largest absolute Gasteiger partial charge is 0.490 e. The van der Waals surface area contributed by atoms with Crippen molar-refractivity contribution in [1.29, 1.82) is 0 Å². The summed E-state index contributed by atoms with van der Waals surface area (Å²) in [4.78, 5) is 14.2. The van der Waals surface area contributed by atoms with Crippen LogP contribution in [0.3, 0.4) is 0 Å². The molecule has 0 spiro atoms. The molecule has 2 aromatic rings. The number of hydrogen-bond donors (Lipinski definition) is 0. The van der Waals surface area contributed by atoms with Crippen LogP contribution in [-0.2, 0) is 11.8 Å². The van der Waals surface area contributed by atoms with E-state index < -0.39 is 5.82 Å². The third-order valence-corrected chi connectivity index (χ3v) is 4.30. The van der Waals surface area contributed by atoms with E-state index in [1.54, 1.807) is 24.5 Å². The number of likely N-dealkylation sites (tertiary alicyclic amines) is 1. The molecule has 7 heteroatoms. The van der Waals surface area contributed by atoms with Crippen LogP contribution in [0.15, 0.2) is 30.6 Å². The van der Waals surface area contributed by atoms with Crippen molar-refractivity contribution in [3.8, 4) is 5.75 Å². The smallest absolute Gasteiger partial charge is 0.226 e. The number of carbonyl (C=O) groups excluding carboxylic acids is 1. The molecule has 2 heterocycles. The standard InChI is InChI=1S/C17H21FN4O2/c1-21-12-19-20-17(21)13-5-4-9-22(11-13)16(23)8-10-24-15-7-3-2-6-14(15)18/h2-3,6-7,12-13H,4-5,8-11H2,1H3/t13-/m0/s1. The number of aryl methyl sites for hydroxylation is 1. The van der Waals surface area contributed by atoms with Crippen LogP contribution in [-0.4, -0.2) is 45.3 Å². The number of amides is 1. The molecule has 0 radical (unpaired) electrons. The molecule has 1 amide bonds. The highest BCUT2D eigenvalue weighted by Crippen LogP contribution is 2.25. The van der Waals surface area contributed by atoms with Crippen LogP contribution in [0.4, 0.5) is 4.39 Å². The molecule has 128 valence electrons. The van der Waals surface area contributed by atoms with E-state index in [9.17, 15) is 9.18 Å². The monoisotopic (exact) mass is 332 g/mol. The van der Waals surface area contributed by atoms with Gasteiger partial charge in [-0.1, -0.05) is 12.1 Å². The molecule has 1 saturated heterocycles. The van der Waals surface area contributed by atoms with E-state index in [0.29, 0.717) is 6.54 Å². The van der Waals surface area contributed by atoms with Crippen molar-refractivity contribution in [2.75, 3.05) is 19.7 Å². The molecule has 1 aromatic carbocycles. The zero-order valence-corrected chi connectivity index (χ0v) is 13.7. The number of halogens is 1. The number of para-hydroxylation sites is 1. The van der Waals surface area contributed by atoms with Gasteiger partial charge in [0.25, 0.3) is 0 Å². The van der Waals surface area contributed by atoms with Crippen LogP contribution in [0.5, 0.6) is 5.75 Å². The summed E-state index contributed by atoms with van der Waals surface area (Å²) in [6.45, 7) is 1.56. The summed E-state index contributed by atoms with van der Waals surface area (Å²) in [5.74, 6) is 0.919. The van der Waals surface area contributed by atoms with E-state index in [-0.39, 0.29) is 30.6 Å². The fourth-order valence-corrected chi connectivity index (χ4v) is 3.04. The first-order chi connectivity index (χ1) is 11.6. The van der Waals surface area contributed by atoms with Crippen LogP contribution < -0.4 is 4.74 Å². The number of nitrogens with zero attached hydrogens (tertiary/aromatic N) is 4. The van der Waals surface area contributed by atoms with E-state index in [4.69, 9.17) is 4.74 Å². The van der Waals surface area contributed by atoms with Gasteiger partial charge in [0.2, 0.25) is 5.91 Å². The molecule has 0 bridgehead atoms. The topological polar surface area (TPSA) is 60.2 Å². The first-order valence-electron chi connectivity index (χ1n) is 8.14. The highest BCUT2D eigenvalue weighted by atomic mass is 19.1. The van der Waals surface area contributed by atoms with Crippen LogP contribution in [0, 0.1) is 5.82 Å². The van der Waals surface area contributed by atoms with Crippen LogP contribution in [0.1, 0.15) is 31.0 Å². The van der Waals surface area contributed by atoms with Crippen molar-refractivity contribution in [3.05, 3.63) is 42.2 Å². The predicted molar refractivity (Wildman–Crippen MR) is 86.1 cm³/mol. The molecule has 1 aliphatic rings. The summed E-state index contributed by atoms with van der Waals surface area (Å²) >= 11 is 0. The van der Waals surface area contributed by atoms with Crippen molar-refractivity contribution in [2.45, 2.75) is 25.2 Å². The number of hydrogen-bond acceptors (Lipinski definition) is 4. The average molecular weight is 332 g/mol. The summed E-state index contributed by atoms with van der Waals surface area (Å²) in [5.41, 5.74) is 0. The molecule has 1 aliphatic heterocycles. The Balaban J connectivity index is 1.51. The summed E-state index contributed by atoms with van der Waals surface area (Å²) in [5, 5.41) is 8.07. The Morgan fingerprint density at radius 2 is 2.25 bits per heavy atom. The molecule has 3 rings (SSSR count). The van der Waals surface area contributed by atoms with E-state index in [1.807, 2.05) is 16.5 Å². The first kappa shape index (κ1) is 16.4. The lowest BCUT2D eigenvalue weighted by molar-refractivity contribution is -0.133. The Kier molecular flexibility index (Phi) is 5.08. The molecule has 1 atom stereocenters. The average Bonchev–Trinajstić information content (AvgIpc) is 3.03. The fourth-order valence-electron chi connectivity index (χ4n) is 3.04. The molecular weight excluding hydrogens is 311 g/mol. The Labute approximate surface area is 140 Å². The zero-order chi connectivity index (χ0) is 16.9. The third-order valence-electron chi connectivity index (χ3n) is 4.30. The van der Waals surface area contributed by atoms with Gasteiger partial charge in [0.05, 0.1) is 13.0 Å². The maximum Gasteiger partial charge on any atom is 0.226 e. The Morgan fingerprint density at radius 3 is 3.00 bits per heavy atom. The normalized spacial score (nSPS) is 17.8. The van der Waals surface area contributed by atoms with Gasteiger partial charge in [-0.2, -0.15) is 0 Å². The number of ether oxygens (including phenoxy) is 1. The SMILES string of the molecule is Cn1cnnc1[C@H]1CCCN(C(=O)CCOc2ccccc2F)C1. The second-order valence-corrected chi connectivity index (χ2v) is 6.01. The van der Waals surface area contributed by atoms with Crippen molar-refractivity contribution >= 4 is 5.91 Å². The Hall–Kier alpha value is -2.44. The lowest BCUT2D eigenvalue weighted by atomic mass is 9.97. The number of carbonyl (C=O) groups is 1. The molecule has 1 fully saturated rings. The number of piperidine rings is 1. The summed E-state index contributed by atoms with van der Waals surface area (Å²) in [6, 6.07) is 6.21. The minimum Gasteiger partial charge on any atom is -0.490 e. The minimum atomic E-state index is -0.412. The number of rotatable bonds is 5. The Morgan fingerprint density at radius 1 is 1.42 bits per heavy atom. The van der Waals surface area contributed by atoms with E-state index in [0.717, 1.165) is 25.2 Å². The van der Waals surface area contributed by atoms with Gasteiger partial charge >= 0.3 is 0 Å². The van der Waals surface area contributed by atoms with Gasteiger partial charge in [-0.15, -0.1) is 10.2 Å². The Bertz CT molecular complexity index is 703. The van der Waals surface area contributed by atoms with Gasteiger partial charge in [0, 0.05) is 26.1 Å². The van der Waals surface area contributed by atoms with Gasteiger partial charge in [-0.25, -0.2) is 4.39 Å². The number of aromatic nitrogens is 3. The van der Waals surface area contributed by atoms with Gasteiger partial charge in [-0.05, 0) is 25.0 Å². The first-order valence-corrected chi connectivity index (χ1v) is 8.14. The van der Waals surface area contributed by atoms with Crippen molar-refractivity contribution in [2.24, 2.45) is 7.05 Å². The van der Waals surface area contributed by atoms with Crippen LogP contribution in [0.2, 0.25) is 0 Å². The summed E-state index contributed by atoms with van der Waals surface area (Å²) < 4.78 is 20.7. The molecular formula is C17H21FN4O2. The van der Waals surface area contributed by atoms with Crippen molar-refractivity contribution < 1.29 is 13.9 Å². The number of benzene rings is 1. The quantitative estimate of drug-likeness (QED) is 0.841. The fraction of sp³-hybridized carbons (Fsp3) is 0.471. The molecule has 0 saturated carbocycles. The van der Waals surface area contributed by atoms with Gasteiger partial charge in [0.15, 0.2) is 11.6 Å². The lowest BCUT2D eigenvalue weighted by Crippen LogP contribution is -2.40. The van der Waals surface area contributed by atoms with Gasteiger partial charge in [0.1, 0.15) is 12.2 Å². The molecule has 0 unspecified atom stereocenters. The minimum absolute atomic E-state index is 0.0261. The van der Waals surface area contributed by atoms with Crippen molar-refractivity contribution in [1.82, 2.24) is 19.7 Å². The molecule has 0 aliphatic carbocycles. The third kappa shape index (κ3) is 3.72. The van der Waals surface area contributed by atoms with E-state index in [1.165, 1.54) is 6.07 Å². The van der Waals surface area contributed by atoms with Gasteiger partial charge < -0.3 is 14.2 Å². The van der Waals surface area contributed by atoms with Crippen molar-refractivity contribution in [3.63, 3.8) is 0 Å². The molecule has 6 nitrogen and oxygen atoms in total. The summed E-state index contributed by atoms with van der Waals surface area (Å²) in [7, 11) is 1.92. The highest BCUT2D eigenvalue weighted by molar-refractivity contribution is 5.76. The predicted octanol–water partition coefficient (Wildman–Crippen LogP) is 2.13. The summed E-state index contributed by atoms with van der Waals surface area (Å²) in [6.07, 6.45) is 3.86. The second kappa shape index (κ2) is 7.42.